The third-order valence-corrected chi connectivity index (χ3v) is 4.29. The van der Waals surface area contributed by atoms with Crippen LogP contribution in [0, 0.1) is 5.92 Å². The van der Waals surface area contributed by atoms with Gasteiger partial charge in [-0.3, -0.25) is 0 Å². The second-order valence-electron chi connectivity index (χ2n) is 7.79. The number of ether oxygens (including phenoxy) is 1. The van der Waals surface area contributed by atoms with Gasteiger partial charge in [-0.1, -0.05) is 12.1 Å². The average Bonchev–Trinajstić information content (AvgIpc) is 3.01. The molecule has 3 rings (SSSR count). The number of fused-ring (bicyclic) bond motifs is 1. The summed E-state index contributed by atoms with van der Waals surface area (Å²) < 4.78 is 45.2. The van der Waals surface area contributed by atoms with Gasteiger partial charge in [0.05, 0.1) is 11.8 Å². The van der Waals surface area contributed by atoms with Crippen LogP contribution in [0.1, 0.15) is 26.3 Å². The van der Waals surface area contributed by atoms with Crippen LogP contribution in [0.3, 0.4) is 0 Å². The lowest BCUT2D eigenvalue weighted by molar-refractivity contribution is -0.137. The maximum absolute atomic E-state index is 12.7. The van der Waals surface area contributed by atoms with Crippen molar-refractivity contribution in [3.63, 3.8) is 0 Å². The lowest BCUT2D eigenvalue weighted by atomic mass is 10.0. The van der Waals surface area contributed by atoms with Crippen molar-refractivity contribution in [3.05, 3.63) is 36.0 Å². The molecule has 9 heteroatoms. The molecular weight excluding hydrogens is 373 g/mol. The van der Waals surface area contributed by atoms with Crippen LogP contribution in [0.2, 0.25) is 0 Å². The van der Waals surface area contributed by atoms with Gasteiger partial charge in [0.15, 0.2) is 0 Å². The number of carbonyl (C=O) groups excluding carboxylic acids is 1. The van der Waals surface area contributed by atoms with Crippen LogP contribution in [-0.4, -0.2) is 34.6 Å². The van der Waals surface area contributed by atoms with Crippen LogP contribution in [-0.2, 0) is 17.5 Å². The monoisotopic (exact) mass is 396 g/mol. The van der Waals surface area contributed by atoms with Crippen molar-refractivity contribution < 1.29 is 22.7 Å². The quantitative estimate of drug-likeness (QED) is 0.819. The van der Waals surface area contributed by atoms with Gasteiger partial charge < -0.3 is 15.4 Å². The molecule has 1 aliphatic heterocycles. The number of carbonyl (C=O) groups is 1. The summed E-state index contributed by atoms with van der Waals surface area (Å²) in [6.45, 7) is 7.01. The van der Waals surface area contributed by atoms with E-state index in [2.05, 4.69) is 15.7 Å². The number of hydrogen-bond acceptors (Lipinski definition) is 4. The molecule has 2 aromatic rings. The minimum absolute atomic E-state index is 0.111. The summed E-state index contributed by atoms with van der Waals surface area (Å²) in [5, 5.41) is 10.3. The lowest BCUT2D eigenvalue weighted by Gasteiger charge is -2.26. The average molecular weight is 396 g/mol. The molecule has 1 amide bonds. The molecule has 1 aliphatic rings. The summed E-state index contributed by atoms with van der Waals surface area (Å²) in [6, 6.07) is 5.02. The zero-order chi connectivity index (χ0) is 20.5. The van der Waals surface area contributed by atoms with E-state index in [-0.39, 0.29) is 5.92 Å². The topological polar surface area (TPSA) is 68.2 Å². The van der Waals surface area contributed by atoms with E-state index in [0.717, 1.165) is 23.5 Å². The van der Waals surface area contributed by atoms with Crippen molar-refractivity contribution in [1.82, 2.24) is 15.1 Å². The smallest absolute Gasteiger partial charge is 0.416 e. The van der Waals surface area contributed by atoms with Gasteiger partial charge in [0, 0.05) is 31.1 Å². The van der Waals surface area contributed by atoms with Crippen molar-refractivity contribution in [2.75, 3.05) is 18.4 Å². The third kappa shape index (κ3) is 4.76. The highest BCUT2D eigenvalue weighted by molar-refractivity contribution is 5.75. The Morgan fingerprint density at radius 3 is 2.57 bits per heavy atom. The van der Waals surface area contributed by atoms with E-state index in [1.54, 1.807) is 31.6 Å². The molecule has 1 atom stereocenters. The minimum Gasteiger partial charge on any atom is -0.444 e. The van der Waals surface area contributed by atoms with Crippen LogP contribution in [0.15, 0.2) is 30.5 Å². The molecule has 1 aromatic heterocycles. The van der Waals surface area contributed by atoms with Crippen molar-refractivity contribution in [2.24, 2.45) is 5.92 Å². The summed E-state index contributed by atoms with van der Waals surface area (Å²) in [6.07, 6.45) is -3.19. The van der Waals surface area contributed by atoms with Crippen LogP contribution in [0.4, 0.5) is 23.8 Å². The number of halogens is 3. The number of alkyl halides is 3. The van der Waals surface area contributed by atoms with Gasteiger partial charge in [-0.15, -0.1) is 0 Å². The van der Waals surface area contributed by atoms with Gasteiger partial charge in [0.2, 0.25) is 0 Å². The Labute approximate surface area is 161 Å². The Balaban J connectivity index is 1.64. The summed E-state index contributed by atoms with van der Waals surface area (Å²) in [4.78, 5) is 11.8. The largest absolute Gasteiger partial charge is 0.444 e. The molecule has 2 N–H and O–H groups in total. The molecule has 2 heterocycles. The first-order chi connectivity index (χ1) is 13.0. The molecule has 1 aromatic carbocycles. The standard InChI is InChI=1S/C19H23F3N4O2/c1-18(2,3)28-17(27)24-9-12-8-23-16-15(10-25-26(16)11-12)13-4-6-14(7-5-13)19(20,21)22/h4-7,10,12,23H,8-9,11H2,1-3H3,(H,24,27). The highest BCUT2D eigenvalue weighted by Gasteiger charge is 2.30. The third-order valence-electron chi connectivity index (χ3n) is 4.29. The molecule has 0 fully saturated rings. The van der Waals surface area contributed by atoms with E-state index in [0.29, 0.717) is 25.2 Å². The molecule has 0 bridgehead atoms. The van der Waals surface area contributed by atoms with Crippen LogP contribution in [0.25, 0.3) is 11.1 Å². The van der Waals surface area contributed by atoms with E-state index in [9.17, 15) is 18.0 Å². The fraction of sp³-hybridized carbons (Fsp3) is 0.474. The second-order valence-corrected chi connectivity index (χ2v) is 7.79. The molecule has 0 aliphatic carbocycles. The summed E-state index contributed by atoms with van der Waals surface area (Å²) >= 11 is 0. The molecule has 28 heavy (non-hydrogen) atoms. The Kier molecular flexibility index (Phi) is 5.27. The summed E-state index contributed by atoms with van der Waals surface area (Å²) in [5.41, 5.74) is 0.165. The highest BCUT2D eigenvalue weighted by atomic mass is 19.4. The van der Waals surface area contributed by atoms with E-state index >= 15 is 0 Å². The zero-order valence-corrected chi connectivity index (χ0v) is 15.9. The number of hydrogen-bond donors (Lipinski definition) is 2. The molecule has 152 valence electrons. The molecular formula is C19H23F3N4O2. The first-order valence-electron chi connectivity index (χ1n) is 8.97. The van der Waals surface area contributed by atoms with E-state index < -0.39 is 23.4 Å². The van der Waals surface area contributed by atoms with Crippen molar-refractivity contribution >= 4 is 11.9 Å². The van der Waals surface area contributed by atoms with Crippen LogP contribution < -0.4 is 10.6 Å². The maximum atomic E-state index is 12.7. The van der Waals surface area contributed by atoms with E-state index in [1.165, 1.54) is 12.1 Å². The van der Waals surface area contributed by atoms with E-state index in [4.69, 9.17) is 4.74 Å². The number of alkyl carbamates (subject to hydrolysis) is 1. The zero-order valence-electron chi connectivity index (χ0n) is 15.9. The fourth-order valence-electron chi connectivity index (χ4n) is 2.99. The number of rotatable bonds is 3. The maximum Gasteiger partial charge on any atom is 0.416 e. The van der Waals surface area contributed by atoms with Gasteiger partial charge in [0.1, 0.15) is 11.4 Å². The highest BCUT2D eigenvalue weighted by Crippen LogP contribution is 2.34. The lowest BCUT2D eigenvalue weighted by Crippen LogP contribution is -2.40. The second kappa shape index (κ2) is 7.37. The molecule has 6 nitrogen and oxygen atoms in total. The minimum atomic E-state index is -4.36. The van der Waals surface area contributed by atoms with Gasteiger partial charge in [-0.25, -0.2) is 9.48 Å². The normalized spacial score (nSPS) is 16.9. The van der Waals surface area contributed by atoms with Gasteiger partial charge in [-0.05, 0) is 38.5 Å². The summed E-state index contributed by atoms with van der Waals surface area (Å²) in [7, 11) is 0. The number of aromatic nitrogens is 2. The van der Waals surface area contributed by atoms with Crippen molar-refractivity contribution in [1.29, 1.82) is 0 Å². The predicted molar refractivity (Wildman–Crippen MR) is 98.9 cm³/mol. The summed E-state index contributed by atoms with van der Waals surface area (Å²) in [5.74, 6) is 0.869. The Hall–Kier alpha value is -2.71. The first kappa shape index (κ1) is 20.0. The number of nitrogens with zero attached hydrogens (tertiary/aromatic N) is 2. The molecule has 0 saturated carbocycles. The molecule has 1 unspecified atom stereocenters. The fourth-order valence-corrected chi connectivity index (χ4v) is 2.99. The SMILES string of the molecule is CC(C)(C)OC(=O)NCC1CNc2c(-c3ccc(C(F)(F)F)cc3)cnn2C1. The predicted octanol–water partition coefficient (Wildman–Crippen LogP) is 4.14. The van der Waals surface area contributed by atoms with E-state index in [1.807, 2.05) is 0 Å². The number of amides is 1. The number of benzene rings is 1. The number of nitrogens with one attached hydrogen (secondary N) is 2. The van der Waals surface area contributed by atoms with Crippen molar-refractivity contribution in [2.45, 2.75) is 39.1 Å². The Morgan fingerprint density at radius 1 is 1.29 bits per heavy atom. The Morgan fingerprint density at radius 2 is 1.96 bits per heavy atom. The van der Waals surface area contributed by atoms with Gasteiger partial charge >= 0.3 is 12.3 Å². The molecule has 0 spiro atoms. The molecule has 0 saturated heterocycles. The van der Waals surface area contributed by atoms with Gasteiger partial charge in [0.25, 0.3) is 0 Å². The van der Waals surface area contributed by atoms with Crippen LogP contribution >= 0.6 is 0 Å². The van der Waals surface area contributed by atoms with Crippen LogP contribution in [0.5, 0.6) is 0 Å². The van der Waals surface area contributed by atoms with Gasteiger partial charge in [-0.2, -0.15) is 18.3 Å². The number of anilines is 1. The first-order valence-corrected chi connectivity index (χ1v) is 8.97. The molecule has 0 radical (unpaired) electrons. The van der Waals surface area contributed by atoms with Crippen molar-refractivity contribution in [3.8, 4) is 11.1 Å². The Bertz CT molecular complexity index is 838.